The third-order valence-corrected chi connectivity index (χ3v) is 9.82. The van der Waals surface area contributed by atoms with Gasteiger partial charge in [0, 0.05) is 13.1 Å². The maximum Gasteiger partial charge on any atom is 0.241 e. The number of hydrogen-bond acceptors (Lipinski definition) is 5. The molecule has 4 rings (SSSR count). The van der Waals surface area contributed by atoms with Crippen molar-refractivity contribution < 1.29 is 22.7 Å². The van der Waals surface area contributed by atoms with Crippen molar-refractivity contribution in [1.29, 1.82) is 0 Å². The van der Waals surface area contributed by atoms with Gasteiger partial charge in [-0.3, -0.25) is 9.59 Å². The average molecular weight is 584 g/mol. The molecule has 2 aromatic rings. The van der Waals surface area contributed by atoms with Crippen molar-refractivity contribution in [3.63, 3.8) is 0 Å². The monoisotopic (exact) mass is 583 g/mol. The van der Waals surface area contributed by atoms with Crippen molar-refractivity contribution in [3.8, 4) is 5.75 Å². The molecule has 2 aliphatic rings. The van der Waals surface area contributed by atoms with E-state index in [4.69, 9.17) is 4.74 Å². The molecule has 1 fully saturated rings. The second kappa shape index (κ2) is 13.8. The van der Waals surface area contributed by atoms with Crippen LogP contribution in [0.3, 0.4) is 0 Å². The molecule has 1 atom stereocenters. The molecule has 0 radical (unpaired) electrons. The predicted molar refractivity (Wildman–Crippen MR) is 160 cm³/mol. The lowest BCUT2D eigenvalue weighted by molar-refractivity contribution is -0.141. The largest absolute Gasteiger partial charge is 0.491 e. The number of likely N-dealkylation sites (tertiary alicyclic amines) is 1. The highest BCUT2D eigenvalue weighted by Gasteiger charge is 2.42. The van der Waals surface area contributed by atoms with Crippen LogP contribution in [0.15, 0.2) is 53.4 Å². The number of carbonyl (C=O) groups excluding carboxylic acids is 2. The highest BCUT2D eigenvalue weighted by Crippen LogP contribution is 2.38. The van der Waals surface area contributed by atoms with Crippen LogP contribution in [-0.4, -0.2) is 57.4 Å². The standard InChI is InChI=1S/C32H45N3O5S/c1-24(2)21-27-23-40-29-11-7-6-10-26(29)9-5-4-8-16-32(31(37)34-27)17-19-35(20-18-32)30(36)22-33-41(38,39)28-14-12-25(3)13-15-28/h6-7,10-15,24,27,33H,4-5,8-9,16-23H2,1-3H3,(H,34,37)/t27-/m0/s1. The van der Waals surface area contributed by atoms with E-state index in [-0.39, 0.29) is 29.3 Å². The topological polar surface area (TPSA) is 105 Å². The molecule has 8 nitrogen and oxygen atoms in total. The van der Waals surface area contributed by atoms with Gasteiger partial charge in [-0.1, -0.05) is 62.6 Å². The van der Waals surface area contributed by atoms with Gasteiger partial charge in [0.25, 0.3) is 0 Å². The van der Waals surface area contributed by atoms with Crippen molar-refractivity contribution in [2.24, 2.45) is 11.3 Å². The van der Waals surface area contributed by atoms with Crippen LogP contribution in [0.25, 0.3) is 0 Å². The number of fused-ring (bicyclic) bond motifs is 1. The SMILES string of the molecule is Cc1ccc(S(=O)(=O)NCC(=O)N2CCC3(CCCCCc4ccccc4OC[C@H](CC(C)C)NC3=O)CC2)cc1. The summed E-state index contributed by atoms with van der Waals surface area (Å²) in [6.07, 6.45) is 6.64. The van der Waals surface area contributed by atoms with E-state index in [2.05, 4.69) is 30.0 Å². The summed E-state index contributed by atoms with van der Waals surface area (Å²) >= 11 is 0. The van der Waals surface area contributed by atoms with Crippen molar-refractivity contribution in [3.05, 3.63) is 59.7 Å². The lowest BCUT2D eigenvalue weighted by Crippen LogP contribution is -2.54. The fourth-order valence-corrected chi connectivity index (χ4v) is 6.89. The average Bonchev–Trinajstić information content (AvgIpc) is 2.95. The number of rotatable bonds is 6. The number of carbonyl (C=O) groups is 2. The van der Waals surface area contributed by atoms with Crippen molar-refractivity contribution in [2.45, 2.75) is 83.1 Å². The highest BCUT2D eigenvalue weighted by atomic mass is 32.2. The summed E-state index contributed by atoms with van der Waals surface area (Å²) in [5.74, 6) is 1.07. The van der Waals surface area contributed by atoms with Gasteiger partial charge in [0.05, 0.1) is 22.9 Å². The summed E-state index contributed by atoms with van der Waals surface area (Å²) < 4.78 is 34.0. The van der Waals surface area contributed by atoms with Crippen molar-refractivity contribution in [1.82, 2.24) is 14.9 Å². The summed E-state index contributed by atoms with van der Waals surface area (Å²) in [6, 6.07) is 14.6. The molecule has 2 N–H and O–H groups in total. The Kier molecular flexibility index (Phi) is 10.5. The second-order valence-corrected chi connectivity index (χ2v) is 13.8. The van der Waals surface area contributed by atoms with Crippen LogP contribution in [0.2, 0.25) is 0 Å². The maximum atomic E-state index is 13.9. The quantitative estimate of drug-likeness (QED) is 0.517. The van der Waals surface area contributed by atoms with Gasteiger partial charge in [-0.05, 0) is 75.1 Å². The molecular weight excluding hydrogens is 538 g/mol. The molecule has 9 heteroatoms. The van der Waals surface area contributed by atoms with Gasteiger partial charge < -0.3 is 15.0 Å². The third kappa shape index (κ3) is 8.32. The van der Waals surface area contributed by atoms with Crippen LogP contribution in [0.1, 0.15) is 69.9 Å². The van der Waals surface area contributed by atoms with Crippen LogP contribution < -0.4 is 14.8 Å². The van der Waals surface area contributed by atoms with E-state index in [0.29, 0.717) is 38.5 Å². The second-order valence-electron chi connectivity index (χ2n) is 12.1. The summed E-state index contributed by atoms with van der Waals surface area (Å²) in [5.41, 5.74) is 1.62. The zero-order chi connectivity index (χ0) is 29.5. The minimum Gasteiger partial charge on any atom is -0.491 e. The summed E-state index contributed by atoms with van der Waals surface area (Å²) in [6.45, 7) is 7.15. The molecule has 0 bridgehead atoms. The predicted octanol–water partition coefficient (Wildman–Crippen LogP) is 4.61. The van der Waals surface area contributed by atoms with Gasteiger partial charge >= 0.3 is 0 Å². The van der Waals surface area contributed by atoms with E-state index < -0.39 is 15.4 Å². The first-order valence-electron chi connectivity index (χ1n) is 14.9. The zero-order valence-corrected chi connectivity index (χ0v) is 25.5. The number of nitrogens with one attached hydrogen (secondary N) is 2. The molecule has 224 valence electrons. The Balaban J connectivity index is 1.40. The highest BCUT2D eigenvalue weighted by molar-refractivity contribution is 7.89. The van der Waals surface area contributed by atoms with Gasteiger partial charge in [-0.25, -0.2) is 13.1 Å². The smallest absolute Gasteiger partial charge is 0.241 e. The minimum absolute atomic E-state index is 0.0476. The molecule has 2 amide bonds. The molecule has 0 aliphatic carbocycles. The Morgan fingerprint density at radius 3 is 2.46 bits per heavy atom. The minimum atomic E-state index is -3.78. The number of piperidine rings is 1. The molecule has 0 saturated carbocycles. The number of sulfonamides is 1. The molecule has 0 unspecified atom stereocenters. The van der Waals surface area contributed by atoms with E-state index in [0.717, 1.165) is 49.8 Å². The van der Waals surface area contributed by atoms with E-state index >= 15 is 0 Å². The molecule has 2 heterocycles. The zero-order valence-electron chi connectivity index (χ0n) is 24.7. The van der Waals surface area contributed by atoms with Gasteiger partial charge in [0.2, 0.25) is 21.8 Å². The fourth-order valence-electron chi connectivity index (χ4n) is 5.92. The number of nitrogens with zero attached hydrogens (tertiary/aromatic N) is 1. The van der Waals surface area contributed by atoms with Crippen molar-refractivity contribution >= 4 is 21.8 Å². The van der Waals surface area contributed by atoms with Gasteiger partial charge in [-0.15, -0.1) is 0 Å². The first-order chi connectivity index (χ1) is 19.6. The maximum absolute atomic E-state index is 13.9. The van der Waals surface area contributed by atoms with Crippen LogP contribution >= 0.6 is 0 Å². The van der Waals surface area contributed by atoms with Crippen molar-refractivity contribution in [2.75, 3.05) is 26.2 Å². The van der Waals surface area contributed by atoms with E-state index in [1.54, 1.807) is 17.0 Å². The summed E-state index contributed by atoms with van der Waals surface area (Å²) in [7, 11) is -3.78. The lowest BCUT2D eigenvalue weighted by atomic mass is 9.73. The number of hydrogen-bond donors (Lipinski definition) is 2. The molecule has 1 saturated heterocycles. The molecule has 2 aliphatic heterocycles. The van der Waals surface area contributed by atoms with Crippen LogP contribution in [0.4, 0.5) is 0 Å². The van der Waals surface area contributed by atoms with Crippen LogP contribution in [0, 0.1) is 18.3 Å². The first-order valence-corrected chi connectivity index (χ1v) is 16.4. The molecule has 41 heavy (non-hydrogen) atoms. The van der Waals surface area contributed by atoms with E-state index in [9.17, 15) is 18.0 Å². The van der Waals surface area contributed by atoms with Gasteiger partial charge in [0.1, 0.15) is 12.4 Å². The number of para-hydroxylation sites is 1. The molecular formula is C32H45N3O5S. The Hall–Kier alpha value is -2.91. The Morgan fingerprint density at radius 2 is 1.76 bits per heavy atom. The normalized spacial score (nSPS) is 20.2. The van der Waals surface area contributed by atoms with E-state index in [1.807, 2.05) is 25.1 Å². The lowest BCUT2D eigenvalue weighted by Gasteiger charge is -2.41. The summed E-state index contributed by atoms with van der Waals surface area (Å²) in [5, 5.41) is 3.33. The molecule has 2 aromatic carbocycles. The number of amides is 2. The van der Waals surface area contributed by atoms with E-state index in [1.165, 1.54) is 17.7 Å². The Bertz CT molecular complexity index is 1280. The Labute approximate surface area is 245 Å². The van der Waals surface area contributed by atoms with Gasteiger partial charge in [-0.2, -0.15) is 0 Å². The fraction of sp³-hybridized carbons (Fsp3) is 0.562. The summed E-state index contributed by atoms with van der Waals surface area (Å²) in [4.78, 5) is 28.7. The molecule has 1 spiro atoms. The number of benzene rings is 2. The van der Waals surface area contributed by atoms with Gasteiger partial charge in [0.15, 0.2) is 0 Å². The van der Waals surface area contributed by atoms with Crippen LogP contribution in [0.5, 0.6) is 5.75 Å². The Morgan fingerprint density at radius 1 is 1.05 bits per heavy atom. The van der Waals surface area contributed by atoms with Crippen LogP contribution in [-0.2, 0) is 26.0 Å². The molecule has 0 aromatic heterocycles. The number of aryl methyl sites for hydroxylation is 2. The first kappa shape index (κ1) is 31.0. The third-order valence-electron chi connectivity index (χ3n) is 8.40. The number of ether oxygens (including phenoxy) is 1.